The molecule has 168 valence electrons. The summed E-state index contributed by atoms with van der Waals surface area (Å²) in [5.41, 5.74) is 3.60. The van der Waals surface area contributed by atoms with E-state index in [9.17, 15) is 19.1 Å². The second kappa shape index (κ2) is 9.02. The summed E-state index contributed by atoms with van der Waals surface area (Å²) in [5.74, 6) is -0.459. The molecule has 1 amide bonds. The van der Waals surface area contributed by atoms with Gasteiger partial charge in [0.15, 0.2) is 0 Å². The maximum absolute atomic E-state index is 14.0. The van der Waals surface area contributed by atoms with Crippen molar-refractivity contribution in [3.8, 4) is 5.75 Å². The highest BCUT2D eigenvalue weighted by atomic mass is 19.1. The minimum atomic E-state index is -0.931. The Morgan fingerprint density at radius 3 is 2.78 bits per heavy atom. The van der Waals surface area contributed by atoms with E-state index >= 15 is 0 Å². The topological polar surface area (TPSA) is 71.8 Å². The number of halogens is 1. The number of hydrogen-bond acceptors (Lipinski definition) is 3. The molecule has 1 heterocycles. The third-order valence-corrected chi connectivity index (χ3v) is 6.44. The number of para-hydroxylation sites is 1. The molecule has 0 radical (unpaired) electrons. The van der Waals surface area contributed by atoms with Gasteiger partial charge in [-0.3, -0.25) is 9.59 Å². The van der Waals surface area contributed by atoms with Crippen LogP contribution in [-0.4, -0.2) is 46.6 Å². The van der Waals surface area contributed by atoms with Crippen molar-refractivity contribution >= 4 is 22.8 Å². The number of likely N-dealkylation sites (N-methyl/N-ethyl adjacent to an activating group) is 1. The number of methoxy groups -OCH3 is 1. The van der Waals surface area contributed by atoms with Crippen molar-refractivity contribution in [3.05, 3.63) is 65.1 Å². The number of carbonyl (C=O) groups is 2. The Morgan fingerprint density at radius 1 is 1.25 bits per heavy atom. The molecule has 0 fully saturated rings. The lowest BCUT2D eigenvalue weighted by atomic mass is 9.90. The number of carboxylic acid groups (broad SMARTS) is 1. The second-order valence-corrected chi connectivity index (χ2v) is 8.28. The van der Waals surface area contributed by atoms with Gasteiger partial charge in [0, 0.05) is 36.1 Å². The van der Waals surface area contributed by atoms with E-state index < -0.39 is 5.97 Å². The molecule has 0 saturated heterocycles. The van der Waals surface area contributed by atoms with E-state index in [0.717, 1.165) is 39.9 Å². The standard InChI is InChI=1S/C25H27FN2O4/c1-27(24(29)12-7-16-5-3-4-6-23(16)32-2)18-9-11-22-20(14-18)19-13-17(26)8-10-21(19)28(22)15-25(30)31/h3-6,8,10,13,18H,7,9,11-12,14-15H2,1-2H3,(H,30,31)/t18-/m0/s1. The highest BCUT2D eigenvalue weighted by molar-refractivity contribution is 5.87. The van der Waals surface area contributed by atoms with Crippen LogP contribution in [0.15, 0.2) is 42.5 Å². The number of aromatic nitrogens is 1. The number of rotatable bonds is 7. The summed E-state index contributed by atoms with van der Waals surface area (Å²) >= 11 is 0. The lowest BCUT2D eigenvalue weighted by Gasteiger charge is -2.32. The van der Waals surface area contributed by atoms with E-state index in [1.54, 1.807) is 22.6 Å². The van der Waals surface area contributed by atoms with Crippen LogP contribution in [0.25, 0.3) is 10.9 Å². The summed E-state index contributed by atoms with van der Waals surface area (Å²) in [4.78, 5) is 26.1. The van der Waals surface area contributed by atoms with Gasteiger partial charge in [0.25, 0.3) is 0 Å². The number of ether oxygens (including phenoxy) is 1. The van der Waals surface area contributed by atoms with Crippen LogP contribution in [0.5, 0.6) is 5.75 Å². The van der Waals surface area contributed by atoms with Crippen molar-refractivity contribution < 1.29 is 23.8 Å². The summed E-state index contributed by atoms with van der Waals surface area (Å²) < 4.78 is 21.1. The first-order valence-electron chi connectivity index (χ1n) is 10.8. The van der Waals surface area contributed by atoms with Crippen molar-refractivity contribution in [1.82, 2.24) is 9.47 Å². The Bertz CT molecular complexity index is 1170. The van der Waals surface area contributed by atoms with E-state index in [0.29, 0.717) is 25.7 Å². The number of aliphatic carboxylic acids is 1. The number of carbonyl (C=O) groups excluding carboxylic acids is 1. The van der Waals surface area contributed by atoms with Crippen LogP contribution in [0.2, 0.25) is 0 Å². The van der Waals surface area contributed by atoms with Crippen molar-refractivity contribution in [2.75, 3.05) is 14.2 Å². The largest absolute Gasteiger partial charge is 0.496 e. The molecule has 7 heteroatoms. The Morgan fingerprint density at radius 2 is 2.03 bits per heavy atom. The molecule has 0 saturated carbocycles. The molecule has 0 bridgehead atoms. The van der Waals surface area contributed by atoms with E-state index in [1.807, 2.05) is 31.3 Å². The SMILES string of the molecule is COc1ccccc1CCC(=O)N(C)[C@H]1CCc2c(c3cc(F)ccc3n2CC(=O)O)C1. The number of amides is 1. The first-order chi connectivity index (χ1) is 15.4. The summed E-state index contributed by atoms with van der Waals surface area (Å²) in [6.45, 7) is -0.157. The van der Waals surface area contributed by atoms with Gasteiger partial charge in [-0.25, -0.2) is 4.39 Å². The van der Waals surface area contributed by atoms with Gasteiger partial charge in [-0.1, -0.05) is 18.2 Å². The van der Waals surface area contributed by atoms with Gasteiger partial charge < -0.3 is 19.3 Å². The lowest BCUT2D eigenvalue weighted by molar-refractivity contribution is -0.137. The predicted octanol–water partition coefficient (Wildman–Crippen LogP) is 3.82. The highest BCUT2D eigenvalue weighted by Crippen LogP contribution is 2.34. The smallest absolute Gasteiger partial charge is 0.323 e. The van der Waals surface area contributed by atoms with Gasteiger partial charge in [0.2, 0.25) is 5.91 Å². The van der Waals surface area contributed by atoms with Crippen molar-refractivity contribution in [1.29, 1.82) is 0 Å². The average molecular weight is 438 g/mol. The monoisotopic (exact) mass is 438 g/mol. The Kier molecular flexibility index (Phi) is 6.17. The minimum Gasteiger partial charge on any atom is -0.496 e. The molecule has 1 aliphatic rings. The number of benzene rings is 2. The molecule has 1 N–H and O–H groups in total. The van der Waals surface area contributed by atoms with Crippen LogP contribution < -0.4 is 4.74 Å². The zero-order valence-corrected chi connectivity index (χ0v) is 18.3. The summed E-state index contributed by atoms with van der Waals surface area (Å²) in [6, 6.07) is 12.1. The van der Waals surface area contributed by atoms with Crippen LogP contribution in [0.4, 0.5) is 4.39 Å². The average Bonchev–Trinajstić information content (AvgIpc) is 3.08. The predicted molar refractivity (Wildman–Crippen MR) is 119 cm³/mol. The zero-order chi connectivity index (χ0) is 22.8. The first kappa shape index (κ1) is 21.9. The molecule has 0 spiro atoms. The molecular weight excluding hydrogens is 411 g/mol. The third kappa shape index (κ3) is 4.20. The highest BCUT2D eigenvalue weighted by Gasteiger charge is 2.30. The van der Waals surface area contributed by atoms with Crippen LogP contribution in [0.1, 0.15) is 29.7 Å². The fourth-order valence-electron chi connectivity index (χ4n) is 4.78. The fourth-order valence-corrected chi connectivity index (χ4v) is 4.78. The summed E-state index contributed by atoms with van der Waals surface area (Å²) in [5, 5.41) is 10.1. The van der Waals surface area contributed by atoms with Gasteiger partial charge >= 0.3 is 5.97 Å². The molecule has 4 rings (SSSR count). The van der Waals surface area contributed by atoms with Crippen LogP contribution in [0.3, 0.4) is 0 Å². The van der Waals surface area contributed by atoms with E-state index in [4.69, 9.17) is 4.74 Å². The van der Waals surface area contributed by atoms with Crippen molar-refractivity contribution in [2.24, 2.45) is 0 Å². The normalized spacial score (nSPS) is 15.4. The zero-order valence-electron chi connectivity index (χ0n) is 18.3. The van der Waals surface area contributed by atoms with Crippen molar-refractivity contribution in [2.45, 2.75) is 44.7 Å². The van der Waals surface area contributed by atoms with E-state index in [1.165, 1.54) is 12.1 Å². The number of aryl methyl sites for hydroxylation is 1. The number of nitrogens with zero attached hydrogens (tertiary/aromatic N) is 2. The van der Waals surface area contributed by atoms with Gasteiger partial charge in [-0.05, 0) is 61.1 Å². The van der Waals surface area contributed by atoms with Gasteiger partial charge in [-0.2, -0.15) is 0 Å². The number of fused-ring (bicyclic) bond motifs is 3. The molecule has 32 heavy (non-hydrogen) atoms. The molecule has 0 aliphatic heterocycles. The summed E-state index contributed by atoms with van der Waals surface area (Å²) in [7, 11) is 3.44. The third-order valence-electron chi connectivity index (χ3n) is 6.44. The maximum atomic E-state index is 14.0. The van der Waals surface area contributed by atoms with Crippen LogP contribution in [0, 0.1) is 5.82 Å². The molecular formula is C25H27FN2O4. The van der Waals surface area contributed by atoms with Gasteiger partial charge in [0.1, 0.15) is 18.1 Å². The molecule has 1 aliphatic carbocycles. The fraction of sp³-hybridized carbons (Fsp3) is 0.360. The maximum Gasteiger partial charge on any atom is 0.323 e. The number of hydrogen-bond donors (Lipinski definition) is 1. The molecule has 2 aromatic carbocycles. The van der Waals surface area contributed by atoms with Crippen LogP contribution in [-0.2, 0) is 35.4 Å². The van der Waals surface area contributed by atoms with E-state index in [2.05, 4.69) is 0 Å². The lowest BCUT2D eigenvalue weighted by Crippen LogP contribution is -2.41. The summed E-state index contributed by atoms with van der Waals surface area (Å²) in [6.07, 6.45) is 2.93. The quantitative estimate of drug-likeness (QED) is 0.609. The molecule has 6 nitrogen and oxygen atoms in total. The molecule has 3 aromatic rings. The minimum absolute atomic E-state index is 0.0141. The Balaban J connectivity index is 1.53. The van der Waals surface area contributed by atoms with Crippen LogP contribution >= 0.6 is 0 Å². The van der Waals surface area contributed by atoms with Gasteiger partial charge in [-0.15, -0.1) is 0 Å². The first-order valence-corrected chi connectivity index (χ1v) is 10.8. The molecule has 0 unspecified atom stereocenters. The van der Waals surface area contributed by atoms with E-state index in [-0.39, 0.29) is 24.3 Å². The second-order valence-electron chi connectivity index (χ2n) is 8.28. The Hall–Kier alpha value is -3.35. The molecule has 1 aromatic heterocycles. The molecule has 1 atom stereocenters. The Labute approximate surface area is 186 Å². The van der Waals surface area contributed by atoms with Crippen molar-refractivity contribution in [3.63, 3.8) is 0 Å². The number of carboxylic acids is 1. The van der Waals surface area contributed by atoms with Gasteiger partial charge in [0.05, 0.1) is 7.11 Å².